The Hall–Kier alpha value is -1.29. The molecule has 0 amide bonds. The Bertz CT molecular complexity index is 423. The molecule has 0 aromatic carbocycles. The highest BCUT2D eigenvalue weighted by atomic mass is 79.9. The summed E-state index contributed by atoms with van der Waals surface area (Å²) in [6.45, 7) is 2.04. The molecule has 0 bridgehead atoms. The maximum absolute atomic E-state index is 4.24. The molecule has 0 radical (unpaired) electrons. The molecule has 0 aliphatic rings. The summed E-state index contributed by atoms with van der Waals surface area (Å²) in [6, 6.07) is 3.95. The fourth-order valence-electron chi connectivity index (χ4n) is 1.16. The van der Waals surface area contributed by atoms with Gasteiger partial charge in [0.25, 0.3) is 0 Å². The van der Waals surface area contributed by atoms with Gasteiger partial charge in [-0.3, -0.25) is 0 Å². The smallest absolute Gasteiger partial charge is 0.130 e. The van der Waals surface area contributed by atoms with Gasteiger partial charge in [0.05, 0.1) is 5.69 Å². The minimum atomic E-state index is 0.852. The lowest BCUT2D eigenvalue weighted by molar-refractivity contribution is 1.25. The molecular weight excluding hydrogens is 242 g/mol. The number of aryl methyl sites for hydroxylation is 1. The van der Waals surface area contributed by atoms with Crippen LogP contribution in [0.2, 0.25) is 0 Å². The first-order chi connectivity index (χ1) is 6.75. The van der Waals surface area contributed by atoms with E-state index in [1.54, 1.807) is 6.20 Å². The lowest BCUT2D eigenvalue weighted by atomic mass is 10.3. The Morgan fingerprint density at radius 2 is 2.36 bits per heavy atom. The molecule has 0 atom stereocenters. The first kappa shape index (κ1) is 9.27. The minimum Gasteiger partial charge on any atom is -0.366 e. The van der Waals surface area contributed by atoms with E-state index < -0.39 is 0 Å². The summed E-state index contributed by atoms with van der Waals surface area (Å²) in [5, 5.41) is 3.19. The van der Waals surface area contributed by atoms with Gasteiger partial charge in [-0.15, -0.1) is 0 Å². The third-order valence-corrected chi connectivity index (χ3v) is 2.75. The molecule has 2 aromatic rings. The van der Waals surface area contributed by atoms with Gasteiger partial charge in [0.1, 0.15) is 5.82 Å². The average Bonchev–Trinajstić information content (AvgIpc) is 2.64. The number of hydrogen-bond donors (Lipinski definition) is 2. The van der Waals surface area contributed by atoms with Crippen molar-refractivity contribution in [1.82, 2.24) is 9.97 Å². The highest BCUT2D eigenvalue weighted by Gasteiger charge is 1.99. The SMILES string of the molecule is Cc1cc(Nc2cc[nH]c2)ncc1Br. The fourth-order valence-corrected chi connectivity index (χ4v) is 1.37. The Morgan fingerprint density at radius 3 is 3.00 bits per heavy atom. The number of halogens is 1. The summed E-state index contributed by atoms with van der Waals surface area (Å²) in [5.41, 5.74) is 2.18. The summed E-state index contributed by atoms with van der Waals surface area (Å²) in [4.78, 5) is 7.22. The number of rotatable bonds is 2. The molecule has 2 rings (SSSR count). The number of nitrogens with zero attached hydrogens (tertiary/aromatic N) is 1. The van der Waals surface area contributed by atoms with Crippen LogP contribution in [0.25, 0.3) is 0 Å². The monoisotopic (exact) mass is 251 g/mol. The van der Waals surface area contributed by atoms with Crippen LogP contribution in [0.4, 0.5) is 11.5 Å². The van der Waals surface area contributed by atoms with Crippen LogP contribution in [0.1, 0.15) is 5.56 Å². The quantitative estimate of drug-likeness (QED) is 0.861. The van der Waals surface area contributed by atoms with Crippen LogP contribution in [0.3, 0.4) is 0 Å². The maximum atomic E-state index is 4.24. The summed E-state index contributed by atoms with van der Waals surface area (Å²) in [6.07, 6.45) is 5.55. The highest BCUT2D eigenvalue weighted by molar-refractivity contribution is 9.10. The van der Waals surface area contributed by atoms with E-state index in [-0.39, 0.29) is 0 Å². The summed E-state index contributed by atoms with van der Waals surface area (Å²) in [7, 11) is 0. The second-order valence-corrected chi connectivity index (χ2v) is 3.90. The second-order valence-electron chi connectivity index (χ2n) is 3.04. The lowest BCUT2D eigenvalue weighted by Gasteiger charge is -2.04. The van der Waals surface area contributed by atoms with Crippen molar-refractivity contribution in [2.45, 2.75) is 6.92 Å². The van der Waals surface area contributed by atoms with E-state index in [1.807, 2.05) is 31.5 Å². The zero-order chi connectivity index (χ0) is 9.97. The molecule has 0 fully saturated rings. The average molecular weight is 252 g/mol. The predicted molar refractivity (Wildman–Crippen MR) is 60.7 cm³/mol. The van der Waals surface area contributed by atoms with Crippen LogP contribution >= 0.6 is 15.9 Å². The maximum Gasteiger partial charge on any atom is 0.130 e. The molecular formula is C10H10BrN3. The number of aromatic nitrogens is 2. The largest absolute Gasteiger partial charge is 0.366 e. The second kappa shape index (κ2) is 3.84. The van der Waals surface area contributed by atoms with Crippen molar-refractivity contribution in [3.05, 3.63) is 40.8 Å². The van der Waals surface area contributed by atoms with E-state index in [9.17, 15) is 0 Å². The highest BCUT2D eigenvalue weighted by Crippen LogP contribution is 2.19. The number of pyridine rings is 1. The van der Waals surface area contributed by atoms with Crippen LogP contribution in [-0.4, -0.2) is 9.97 Å². The van der Waals surface area contributed by atoms with Crippen LogP contribution in [0.15, 0.2) is 35.2 Å². The van der Waals surface area contributed by atoms with E-state index in [2.05, 4.69) is 31.2 Å². The Labute approximate surface area is 90.7 Å². The van der Waals surface area contributed by atoms with Crippen molar-refractivity contribution in [2.75, 3.05) is 5.32 Å². The fraction of sp³-hybridized carbons (Fsp3) is 0.100. The van der Waals surface area contributed by atoms with Crippen LogP contribution in [0, 0.1) is 6.92 Å². The molecule has 0 aliphatic carbocycles. The van der Waals surface area contributed by atoms with Crippen LogP contribution < -0.4 is 5.32 Å². The topological polar surface area (TPSA) is 40.7 Å². The first-order valence-corrected chi connectivity index (χ1v) is 5.07. The van der Waals surface area contributed by atoms with Gasteiger partial charge in [-0.1, -0.05) is 0 Å². The molecule has 0 unspecified atom stereocenters. The zero-order valence-corrected chi connectivity index (χ0v) is 9.30. The van der Waals surface area contributed by atoms with Crippen molar-refractivity contribution < 1.29 is 0 Å². The molecule has 72 valence electrons. The van der Waals surface area contributed by atoms with E-state index in [1.165, 1.54) is 0 Å². The van der Waals surface area contributed by atoms with Gasteiger partial charge in [-0.25, -0.2) is 4.98 Å². The van der Waals surface area contributed by atoms with Crippen molar-refractivity contribution >= 4 is 27.4 Å². The molecule has 2 aromatic heterocycles. The molecule has 3 nitrogen and oxygen atoms in total. The molecule has 2 N–H and O–H groups in total. The van der Waals surface area contributed by atoms with Gasteiger partial charge in [-0.2, -0.15) is 0 Å². The normalized spacial score (nSPS) is 10.1. The van der Waals surface area contributed by atoms with E-state index in [0.29, 0.717) is 0 Å². The summed E-state index contributed by atoms with van der Waals surface area (Å²) >= 11 is 3.41. The molecule has 2 heterocycles. The van der Waals surface area contributed by atoms with Crippen molar-refractivity contribution in [3.8, 4) is 0 Å². The predicted octanol–water partition coefficient (Wildman–Crippen LogP) is 3.22. The number of nitrogens with one attached hydrogen (secondary N) is 2. The third-order valence-electron chi connectivity index (χ3n) is 1.92. The van der Waals surface area contributed by atoms with Gasteiger partial charge in [0.2, 0.25) is 0 Å². The van der Waals surface area contributed by atoms with Gasteiger partial charge in [-0.05, 0) is 40.5 Å². The molecule has 0 spiro atoms. The summed E-state index contributed by atoms with van der Waals surface area (Å²) in [5.74, 6) is 0.852. The first-order valence-electron chi connectivity index (χ1n) is 4.27. The van der Waals surface area contributed by atoms with Gasteiger partial charge in [0, 0.05) is 23.1 Å². The van der Waals surface area contributed by atoms with Gasteiger partial charge < -0.3 is 10.3 Å². The number of hydrogen-bond acceptors (Lipinski definition) is 2. The van der Waals surface area contributed by atoms with Crippen molar-refractivity contribution in [1.29, 1.82) is 0 Å². The Balaban J connectivity index is 2.22. The summed E-state index contributed by atoms with van der Waals surface area (Å²) < 4.78 is 1.03. The molecule has 14 heavy (non-hydrogen) atoms. The van der Waals surface area contributed by atoms with E-state index in [0.717, 1.165) is 21.5 Å². The Morgan fingerprint density at radius 1 is 1.50 bits per heavy atom. The minimum absolute atomic E-state index is 0.852. The van der Waals surface area contributed by atoms with Crippen molar-refractivity contribution in [2.24, 2.45) is 0 Å². The number of H-pyrrole nitrogens is 1. The molecule has 0 aliphatic heterocycles. The van der Waals surface area contributed by atoms with Crippen LogP contribution in [0.5, 0.6) is 0 Å². The van der Waals surface area contributed by atoms with E-state index in [4.69, 9.17) is 0 Å². The standard InChI is InChI=1S/C10H10BrN3/c1-7-4-10(13-6-9(7)11)14-8-2-3-12-5-8/h2-6,12H,1H3,(H,13,14). The van der Waals surface area contributed by atoms with Crippen molar-refractivity contribution in [3.63, 3.8) is 0 Å². The zero-order valence-electron chi connectivity index (χ0n) is 7.71. The molecule has 4 heteroatoms. The molecule has 0 saturated heterocycles. The Kier molecular flexibility index (Phi) is 2.54. The molecule has 0 saturated carbocycles. The number of anilines is 2. The lowest BCUT2D eigenvalue weighted by Crippen LogP contribution is -1.92. The van der Waals surface area contributed by atoms with Gasteiger partial charge in [0.15, 0.2) is 0 Å². The third kappa shape index (κ3) is 1.96. The number of aromatic amines is 1. The van der Waals surface area contributed by atoms with Gasteiger partial charge >= 0.3 is 0 Å². The van der Waals surface area contributed by atoms with E-state index >= 15 is 0 Å². The van der Waals surface area contributed by atoms with Crippen LogP contribution in [-0.2, 0) is 0 Å².